The minimum atomic E-state index is -0.386. The van der Waals surface area contributed by atoms with Gasteiger partial charge in [0.2, 0.25) is 0 Å². The zero-order valence-electron chi connectivity index (χ0n) is 16.2. The fourth-order valence-corrected chi connectivity index (χ4v) is 3.36. The summed E-state index contributed by atoms with van der Waals surface area (Å²) in [6.45, 7) is 2.44. The predicted molar refractivity (Wildman–Crippen MR) is 115 cm³/mol. The first kappa shape index (κ1) is 19.8. The lowest BCUT2D eigenvalue weighted by molar-refractivity contribution is 0.614. The third-order valence-corrected chi connectivity index (χ3v) is 5.11. The molecule has 0 aliphatic carbocycles. The molecule has 6 nitrogen and oxygen atoms in total. The van der Waals surface area contributed by atoms with Crippen molar-refractivity contribution in [2.75, 3.05) is 5.32 Å². The molecule has 0 aliphatic rings. The van der Waals surface area contributed by atoms with Gasteiger partial charge >= 0.3 is 0 Å². The number of hydrogen-bond acceptors (Lipinski definition) is 4. The van der Waals surface area contributed by atoms with Gasteiger partial charge in [-0.1, -0.05) is 48.0 Å². The van der Waals surface area contributed by atoms with Crippen molar-refractivity contribution in [2.45, 2.75) is 20.0 Å². The number of hydrogen-bond donors (Lipinski definition) is 1. The highest BCUT2D eigenvalue weighted by atomic mass is 35.5. The minimum Gasteiger partial charge on any atom is -0.378 e. The van der Waals surface area contributed by atoms with Gasteiger partial charge in [-0.3, -0.25) is 4.79 Å². The van der Waals surface area contributed by atoms with Gasteiger partial charge in [-0.05, 0) is 30.2 Å². The first-order chi connectivity index (χ1) is 14.5. The fourth-order valence-electron chi connectivity index (χ4n) is 3.14. The van der Waals surface area contributed by atoms with E-state index >= 15 is 0 Å². The number of halogens is 2. The average molecular weight is 424 g/mol. The first-order valence-electron chi connectivity index (χ1n) is 9.35. The summed E-state index contributed by atoms with van der Waals surface area (Å²) < 4.78 is 17.5. The molecule has 0 saturated carbocycles. The van der Waals surface area contributed by atoms with Crippen molar-refractivity contribution < 1.29 is 4.39 Å². The van der Waals surface area contributed by atoms with Crippen LogP contribution in [0.5, 0.6) is 0 Å². The van der Waals surface area contributed by atoms with Crippen LogP contribution in [0.25, 0.3) is 5.69 Å². The van der Waals surface area contributed by atoms with Crippen LogP contribution in [0, 0.1) is 12.7 Å². The zero-order valence-corrected chi connectivity index (χ0v) is 17.0. The smallest absolute Gasteiger partial charge is 0.287 e. The molecular formula is C22H19ClFN5O. The molecule has 2 heterocycles. The van der Waals surface area contributed by atoms with E-state index < -0.39 is 0 Å². The van der Waals surface area contributed by atoms with Crippen LogP contribution in [-0.2, 0) is 13.1 Å². The second kappa shape index (κ2) is 8.51. The van der Waals surface area contributed by atoms with E-state index in [9.17, 15) is 9.18 Å². The number of nitrogens with one attached hydrogen (secondary N) is 1. The van der Waals surface area contributed by atoms with Crippen molar-refractivity contribution in [3.05, 3.63) is 105 Å². The van der Waals surface area contributed by atoms with Gasteiger partial charge in [0.05, 0.1) is 24.1 Å². The summed E-state index contributed by atoms with van der Waals surface area (Å²) in [5, 5.41) is 7.30. The van der Waals surface area contributed by atoms with Gasteiger partial charge in [0.1, 0.15) is 16.7 Å². The lowest BCUT2D eigenvalue weighted by Gasteiger charge is -2.12. The third-order valence-electron chi connectivity index (χ3n) is 4.74. The molecule has 0 unspecified atom stereocenters. The van der Waals surface area contributed by atoms with Crippen molar-refractivity contribution in [1.29, 1.82) is 0 Å². The largest absolute Gasteiger partial charge is 0.378 e. The summed E-state index contributed by atoms with van der Waals surface area (Å²) in [6, 6.07) is 14.5. The van der Waals surface area contributed by atoms with Crippen LogP contribution in [0.4, 0.5) is 10.1 Å². The van der Waals surface area contributed by atoms with E-state index in [1.807, 2.05) is 43.3 Å². The molecule has 0 fully saturated rings. The predicted octanol–water partition coefficient (Wildman–Crippen LogP) is 4.19. The SMILES string of the molecule is Cc1nccn1-c1ccc(CNc2cnn(Cc3ccccc3)c(=O)c2Cl)cc1F. The van der Waals surface area contributed by atoms with E-state index in [0.717, 1.165) is 5.56 Å². The van der Waals surface area contributed by atoms with Gasteiger partial charge in [0.25, 0.3) is 5.56 Å². The number of aryl methyl sites for hydroxylation is 1. The second-order valence-corrected chi connectivity index (χ2v) is 7.18. The fraction of sp³-hybridized carbons (Fsp3) is 0.136. The summed E-state index contributed by atoms with van der Waals surface area (Å²) in [5.41, 5.74) is 2.10. The van der Waals surface area contributed by atoms with E-state index in [1.54, 1.807) is 23.0 Å². The summed E-state index contributed by atoms with van der Waals surface area (Å²) >= 11 is 6.25. The molecule has 0 amide bonds. The zero-order chi connectivity index (χ0) is 21.1. The number of aromatic nitrogens is 4. The summed E-state index contributed by atoms with van der Waals surface area (Å²) in [4.78, 5) is 16.6. The van der Waals surface area contributed by atoms with Gasteiger partial charge < -0.3 is 9.88 Å². The van der Waals surface area contributed by atoms with Crippen molar-refractivity contribution in [3.8, 4) is 5.69 Å². The van der Waals surface area contributed by atoms with E-state index in [1.165, 1.54) is 16.9 Å². The lowest BCUT2D eigenvalue weighted by atomic mass is 10.2. The normalized spacial score (nSPS) is 10.9. The molecule has 30 heavy (non-hydrogen) atoms. The van der Waals surface area contributed by atoms with E-state index in [4.69, 9.17) is 11.6 Å². The van der Waals surface area contributed by atoms with Gasteiger partial charge in [0, 0.05) is 18.9 Å². The van der Waals surface area contributed by atoms with Crippen LogP contribution < -0.4 is 10.9 Å². The maximum atomic E-state index is 14.6. The highest BCUT2D eigenvalue weighted by molar-refractivity contribution is 6.32. The lowest BCUT2D eigenvalue weighted by Crippen LogP contribution is -2.24. The van der Waals surface area contributed by atoms with Crippen LogP contribution in [-0.4, -0.2) is 19.3 Å². The molecule has 1 N–H and O–H groups in total. The topological polar surface area (TPSA) is 64.7 Å². The molecule has 0 bridgehead atoms. The summed E-state index contributed by atoms with van der Waals surface area (Å²) in [5.74, 6) is 0.339. The highest BCUT2D eigenvalue weighted by Crippen LogP contribution is 2.20. The Morgan fingerprint density at radius 2 is 1.93 bits per heavy atom. The van der Waals surface area contributed by atoms with Crippen molar-refractivity contribution >= 4 is 17.3 Å². The van der Waals surface area contributed by atoms with Crippen LogP contribution in [0.3, 0.4) is 0 Å². The van der Waals surface area contributed by atoms with Crippen LogP contribution in [0.15, 0.2) is 71.9 Å². The van der Waals surface area contributed by atoms with Crippen LogP contribution >= 0.6 is 11.6 Å². The number of nitrogens with zero attached hydrogens (tertiary/aromatic N) is 4. The molecule has 4 aromatic rings. The molecular weight excluding hydrogens is 405 g/mol. The van der Waals surface area contributed by atoms with E-state index in [2.05, 4.69) is 15.4 Å². The highest BCUT2D eigenvalue weighted by Gasteiger charge is 2.11. The molecule has 4 rings (SSSR count). The molecule has 0 radical (unpaired) electrons. The Morgan fingerprint density at radius 1 is 1.13 bits per heavy atom. The molecule has 152 valence electrons. The number of anilines is 1. The van der Waals surface area contributed by atoms with Crippen LogP contribution in [0.2, 0.25) is 5.02 Å². The maximum Gasteiger partial charge on any atom is 0.287 e. The Balaban J connectivity index is 1.49. The van der Waals surface area contributed by atoms with E-state index in [-0.39, 0.29) is 16.4 Å². The number of imidazole rings is 1. The first-order valence-corrected chi connectivity index (χ1v) is 9.73. The number of benzene rings is 2. The molecule has 2 aromatic carbocycles. The third kappa shape index (κ3) is 4.11. The molecule has 0 aliphatic heterocycles. The van der Waals surface area contributed by atoms with Gasteiger partial charge in [-0.15, -0.1) is 0 Å². The van der Waals surface area contributed by atoms with Gasteiger partial charge in [-0.2, -0.15) is 5.10 Å². The van der Waals surface area contributed by atoms with Crippen LogP contribution in [0.1, 0.15) is 17.0 Å². The summed E-state index contributed by atoms with van der Waals surface area (Å²) in [7, 11) is 0. The molecule has 8 heteroatoms. The summed E-state index contributed by atoms with van der Waals surface area (Å²) in [6.07, 6.45) is 4.84. The Labute approximate surface area is 177 Å². The Bertz CT molecular complexity index is 1240. The average Bonchev–Trinajstić information content (AvgIpc) is 3.17. The monoisotopic (exact) mass is 423 g/mol. The van der Waals surface area contributed by atoms with E-state index in [0.29, 0.717) is 35.9 Å². The van der Waals surface area contributed by atoms with Gasteiger partial charge in [0.15, 0.2) is 0 Å². The van der Waals surface area contributed by atoms with Crippen molar-refractivity contribution in [3.63, 3.8) is 0 Å². The molecule has 0 spiro atoms. The van der Waals surface area contributed by atoms with Gasteiger partial charge in [-0.25, -0.2) is 14.1 Å². The standard InChI is InChI=1S/C22H19ClFN5O/c1-15-25-9-10-28(15)20-8-7-17(11-18(20)24)12-26-19-13-27-29(22(30)21(19)23)14-16-5-3-2-4-6-16/h2-11,13,26H,12,14H2,1H3. The molecule has 0 saturated heterocycles. The Morgan fingerprint density at radius 3 is 2.63 bits per heavy atom. The Kier molecular flexibility index (Phi) is 5.63. The Hall–Kier alpha value is -3.45. The molecule has 2 aromatic heterocycles. The van der Waals surface area contributed by atoms with Crippen molar-refractivity contribution in [1.82, 2.24) is 19.3 Å². The van der Waals surface area contributed by atoms with Crippen molar-refractivity contribution in [2.24, 2.45) is 0 Å². The quantitative estimate of drug-likeness (QED) is 0.505. The minimum absolute atomic E-state index is 0.0482. The molecule has 0 atom stereocenters. The number of rotatable bonds is 6. The maximum absolute atomic E-state index is 14.6. The second-order valence-electron chi connectivity index (χ2n) is 6.80.